The Bertz CT molecular complexity index is 319. The van der Waals surface area contributed by atoms with Crippen LogP contribution in [0, 0.1) is 0 Å². The third-order valence-corrected chi connectivity index (χ3v) is 2.23. The molecule has 3 nitrogen and oxygen atoms in total. The molecule has 15 heavy (non-hydrogen) atoms. The summed E-state index contributed by atoms with van der Waals surface area (Å²) in [5.41, 5.74) is 0.579. The number of hydrogen-bond acceptors (Lipinski definition) is 2. The van der Waals surface area contributed by atoms with Gasteiger partial charge >= 0.3 is 0 Å². The van der Waals surface area contributed by atoms with Gasteiger partial charge in [-0.05, 0) is 37.6 Å². The molecule has 0 aliphatic carbocycles. The minimum Gasteiger partial charge on any atom is -0.508 e. The molecule has 0 heterocycles. The molecule has 3 heteroatoms. The number of phenols is 1. The van der Waals surface area contributed by atoms with Crippen molar-refractivity contribution in [1.82, 2.24) is 5.32 Å². The maximum atomic E-state index is 11.6. The number of aromatic hydroxyl groups is 1. The van der Waals surface area contributed by atoms with Gasteiger partial charge in [0.2, 0.25) is 0 Å². The Labute approximate surface area is 90.1 Å². The van der Waals surface area contributed by atoms with E-state index in [2.05, 4.69) is 12.2 Å². The molecule has 0 saturated heterocycles. The van der Waals surface area contributed by atoms with Crippen LogP contribution >= 0.6 is 0 Å². The molecule has 1 unspecified atom stereocenters. The van der Waals surface area contributed by atoms with Gasteiger partial charge in [-0.25, -0.2) is 0 Å². The first-order valence-corrected chi connectivity index (χ1v) is 5.23. The standard InChI is InChI=1S/C12H17NO2/c1-3-4-9(2)13-12(15)10-5-7-11(14)8-6-10/h5-9,14H,3-4H2,1-2H3,(H,13,15). The molecular formula is C12H17NO2. The molecule has 1 aromatic carbocycles. The van der Waals surface area contributed by atoms with Gasteiger partial charge in [0.1, 0.15) is 5.75 Å². The second kappa shape index (κ2) is 5.39. The Morgan fingerprint density at radius 1 is 1.40 bits per heavy atom. The van der Waals surface area contributed by atoms with E-state index in [1.807, 2.05) is 6.92 Å². The summed E-state index contributed by atoms with van der Waals surface area (Å²) in [7, 11) is 0. The maximum Gasteiger partial charge on any atom is 0.251 e. The molecule has 1 atom stereocenters. The average Bonchev–Trinajstić information content (AvgIpc) is 2.18. The van der Waals surface area contributed by atoms with E-state index < -0.39 is 0 Å². The van der Waals surface area contributed by atoms with Crippen LogP contribution in [0.15, 0.2) is 24.3 Å². The van der Waals surface area contributed by atoms with Crippen LogP contribution in [-0.2, 0) is 0 Å². The summed E-state index contributed by atoms with van der Waals surface area (Å²) >= 11 is 0. The molecule has 1 amide bonds. The van der Waals surface area contributed by atoms with Crippen molar-refractivity contribution in [2.24, 2.45) is 0 Å². The average molecular weight is 207 g/mol. The lowest BCUT2D eigenvalue weighted by Crippen LogP contribution is -2.32. The van der Waals surface area contributed by atoms with Crippen LogP contribution in [0.5, 0.6) is 5.75 Å². The van der Waals surface area contributed by atoms with E-state index in [0.29, 0.717) is 5.56 Å². The largest absolute Gasteiger partial charge is 0.508 e. The number of phenolic OH excluding ortho intramolecular Hbond substituents is 1. The van der Waals surface area contributed by atoms with E-state index in [4.69, 9.17) is 5.11 Å². The summed E-state index contributed by atoms with van der Waals surface area (Å²) in [5, 5.41) is 12.0. The number of benzene rings is 1. The van der Waals surface area contributed by atoms with Crippen LogP contribution in [-0.4, -0.2) is 17.1 Å². The van der Waals surface area contributed by atoms with Crippen LogP contribution in [0.1, 0.15) is 37.0 Å². The summed E-state index contributed by atoms with van der Waals surface area (Å²) in [6, 6.07) is 6.45. The molecule has 0 radical (unpaired) electrons. The third kappa shape index (κ3) is 3.62. The van der Waals surface area contributed by atoms with Crippen molar-refractivity contribution in [1.29, 1.82) is 0 Å². The first-order chi connectivity index (χ1) is 7.13. The topological polar surface area (TPSA) is 49.3 Å². The second-order valence-corrected chi connectivity index (χ2v) is 3.71. The van der Waals surface area contributed by atoms with Crippen LogP contribution in [0.3, 0.4) is 0 Å². The molecule has 1 aromatic rings. The molecule has 82 valence electrons. The zero-order chi connectivity index (χ0) is 11.3. The summed E-state index contributed by atoms with van der Waals surface area (Å²) < 4.78 is 0. The van der Waals surface area contributed by atoms with Gasteiger partial charge in [-0.3, -0.25) is 4.79 Å². The highest BCUT2D eigenvalue weighted by atomic mass is 16.3. The summed E-state index contributed by atoms with van der Waals surface area (Å²) in [5.74, 6) is 0.0871. The Morgan fingerprint density at radius 2 is 2.00 bits per heavy atom. The molecule has 0 bridgehead atoms. The van der Waals surface area contributed by atoms with Crippen molar-refractivity contribution >= 4 is 5.91 Å². The Kier molecular flexibility index (Phi) is 4.16. The van der Waals surface area contributed by atoms with Crippen LogP contribution in [0.4, 0.5) is 0 Å². The molecule has 0 aliphatic heterocycles. The summed E-state index contributed by atoms with van der Waals surface area (Å²) in [6.45, 7) is 4.07. The number of carbonyl (C=O) groups excluding carboxylic acids is 1. The lowest BCUT2D eigenvalue weighted by atomic mass is 10.1. The highest BCUT2D eigenvalue weighted by Crippen LogP contribution is 2.09. The van der Waals surface area contributed by atoms with Crippen molar-refractivity contribution < 1.29 is 9.90 Å². The summed E-state index contributed by atoms with van der Waals surface area (Å²) in [6.07, 6.45) is 2.03. The molecule has 1 rings (SSSR count). The van der Waals surface area contributed by atoms with Crippen LogP contribution < -0.4 is 5.32 Å². The van der Waals surface area contributed by atoms with Gasteiger partial charge in [0.05, 0.1) is 0 Å². The first-order valence-electron chi connectivity index (χ1n) is 5.23. The molecule has 0 aliphatic rings. The Hall–Kier alpha value is -1.51. The maximum absolute atomic E-state index is 11.6. The quantitative estimate of drug-likeness (QED) is 0.796. The number of amides is 1. The molecule has 0 aromatic heterocycles. The van der Waals surface area contributed by atoms with Gasteiger partial charge in [0, 0.05) is 11.6 Å². The van der Waals surface area contributed by atoms with Gasteiger partial charge in [0.25, 0.3) is 5.91 Å². The molecular weight excluding hydrogens is 190 g/mol. The van der Waals surface area contributed by atoms with Crippen molar-refractivity contribution in [3.63, 3.8) is 0 Å². The van der Waals surface area contributed by atoms with Gasteiger partial charge in [-0.15, -0.1) is 0 Å². The van der Waals surface area contributed by atoms with Gasteiger partial charge < -0.3 is 10.4 Å². The zero-order valence-electron chi connectivity index (χ0n) is 9.16. The molecule has 0 spiro atoms. The van der Waals surface area contributed by atoms with E-state index in [1.165, 1.54) is 12.1 Å². The number of nitrogens with one attached hydrogen (secondary N) is 1. The lowest BCUT2D eigenvalue weighted by molar-refractivity contribution is 0.0938. The Morgan fingerprint density at radius 3 is 2.53 bits per heavy atom. The first kappa shape index (κ1) is 11.6. The molecule has 0 fully saturated rings. The van der Waals surface area contributed by atoms with Crippen LogP contribution in [0.25, 0.3) is 0 Å². The van der Waals surface area contributed by atoms with Crippen molar-refractivity contribution in [3.8, 4) is 5.75 Å². The fourth-order valence-corrected chi connectivity index (χ4v) is 1.43. The molecule has 2 N–H and O–H groups in total. The van der Waals surface area contributed by atoms with E-state index in [9.17, 15) is 4.79 Å². The molecule has 0 saturated carbocycles. The lowest BCUT2D eigenvalue weighted by Gasteiger charge is -2.12. The van der Waals surface area contributed by atoms with Gasteiger partial charge in [0.15, 0.2) is 0 Å². The number of hydrogen-bond donors (Lipinski definition) is 2. The summed E-state index contributed by atoms with van der Waals surface area (Å²) in [4.78, 5) is 11.6. The second-order valence-electron chi connectivity index (χ2n) is 3.71. The Balaban J connectivity index is 2.57. The number of rotatable bonds is 4. The minimum absolute atomic E-state index is 0.0871. The zero-order valence-corrected chi connectivity index (χ0v) is 9.16. The smallest absolute Gasteiger partial charge is 0.251 e. The predicted molar refractivity (Wildman–Crippen MR) is 59.9 cm³/mol. The van der Waals surface area contributed by atoms with E-state index in [1.54, 1.807) is 12.1 Å². The SMILES string of the molecule is CCCC(C)NC(=O)c1ccc(O)cc1. The normalized spacial score (nSPS) is 12.1. The van der Waals surface area contributed by atoms with E-state index in [0.717, 1.165) is 12.8 Å². The van der Waals surface area contributed by atoms with Gasteiger partial charge in [-0.2, -0.15) is 0 Å². The van der Waals surface area contributed by atoms with E-state index >= 15 is 0 Å². The monoisotopic (exact) mass is 207 g/mol. The highest BCUT2D eigenvalue weighted by molar-refractivity contribution is 5.94. The van der Waals surface area contributed by atoms with Crippen molar-refractivity contribution in [2.75, 3.05) is 0 Å². The van der Waals surface area contributed by atoms with Gasteiger partial charge in [-0.1, -0.05) is 13.3 Å². The number of carbonyl (C=O) groups is 1. The highest BCUT2D eigenvalue weighted by Gasteiger charge is 2.08. The van der Waals surface area contributed by atoms with Crippen molar-refractivity contribution in [3.05, 3.63) is 29.8 Å². The fourth-order valence-electron chi connectivity index (χ4n) is 1.43. The van der Waals surface area contributed by atoms with Crippen molar-refractivity contribution in [2.45, 2.75) is 32.7 Å². The minimum atomic E-state index is -0.0871. The third-order valence-electron chi connectivity index (χ3n) is 2.23. The predicted octanol–water partition coefficient (Wildman–Crippen LogP) is 2.31. The fraction of sp³-hybridized carbons (Fsp3) is 0.417. The van der Waals surface area contributed by atoms with E-state index in [-0.39, 0.29) is 17.7 Å². The van der Waals surface area contributed by atoms with Crippen LogP contribution in [0.2, 0.25) is 0 Å².